The molecule has 2 atom stereocenters. The van der Waals surface area contributed by atoms with Gasteiger partial charge in [-0.2, -0.15) is 13.2 Å². The van der Waals surface area contributed by atoms with Gasteiger partial charge >= 0.3 is 12.1 Å². The lowest BCUT2D eigenvalue weighted by Gasteiger charge is -2.20. The van der Waals surface area contributed by atoms with E-state index in [-0.39, 0.29) is 10.5 Å². The van der Waals surface area contributed by atoms with Gasteiger partial charge in [0, 0.05) is 0 Å². The van der Waals surface area contributed by atoms with E-state index in [4.69, 9.17) is 4.74 Å². The number of methoxy groups -OCH3 is 1. The van der Waals surface area contributed by atoms with Crippen molar-refractivity contribution in [2.45, 2.75) is 36.9 Å². The Kier molecular flexibility index (Phi) is 5.68. The van der Waals surface area contributed by atoms with E-state index >= 15 is 0 Å². The van der Waals surface area contributed by atoms with E-state index in [1.165, 1.54) is 36.4 Å². The maximum absolute atomic E-state index is 13.8. The van der Waals surface area contributed by atoms with Gasteiger partial charge in [0.25, 0.3) is 0 Å². The summed E-state index contributed by atoms with van der Waals surface area (Å²) in [6.07, 6.45) is -6.91. The Morgan fingerprint density at radius 2 is 1.47 bits per heavy atom. The molecule has 0 bridgehead atoms. The second-order valence-electron chi connectivity index (χ2n) is 6.96. The molecule has 5 nitrogen and oxygen atoms in total. The molecule has 0 radical (unpaired) electrons. The zero-order chi connectivity index (χ0) is 22.3. The van der Waals surface area contributed by atoms with Gasteiger partial charge in [0.1, 0.15) is 4.91 Å². The summed E-state index contributed by atoms with van der Waals surface area (Å²) >= 11 is 0. The van der Waals surface area contributed by atoms with Gasteiger partial charge in [-0.25, -0.2) is 13.2 Å². The fourth-order valence-corrected chi connectivity index (χ4v) is 5.02. The fraction of sp³-hybridized carbons (Fsp3) is 0.286. The molecule has 0 aliphatic carbocycles. The van der Waals surface area contributed by atoms with Gasteiger partial charge in [-0.15, -0.1) is 0 Å². The summed E-state index contributed by atoms with van der Waals surface area (Å²) in [5.41, 5.74) is 1.75. The summed E-state index contributed by atoms with van der Waals surface area (Å²) in [6.45, 7) is 3.49. The Morgan fingerprint density at radius 1 is 0.967 bits per heavy atom. The molecule has 1 aliphatic rings. The smallest absolute Gasteiger partial charge is 0.450 e. The molecule has 0 amide bonds. The lowest BCUT2D eigenvalue weighted by atomic mass is 9.93. The number of aryl methyl sites for hydroxylation is 2. The molecule has 0 fully saturated rings. The minimum absolute atomic E-state index is 0.195. The van der Waals surface area contributed by atoms with Crippen LogP contribution in [0, 0.1) is 13.8 Å². The zero-order valence-electron chi connectivity index (χ0n) is 16.4. The largest absolute Gasteiger partial charge is 0.472 e. The maximum atomic E-state index is 13.8. The van der Waals surface area contributed by atoms with Gasteiger partial charge in [-0.3, -0.25) is 0 Å². The average molecular weight is 440 g/mol. The van der Waals surface area contributed by atoms with E-state index in [9.17, 15) is 26.4 Å². The minimum Gasteiger partial charge on any atom is -0.472 e. The van der Waals surface area contributed by atoms with Crippen LogP contribution in [0.2, 0.25) is 0 Å². The highest BCUT2D eigenvalue weighted by atomic mass is 32.2. The topological polar surface area (TPSA) is 69.7 Å². The molecular formula is C21H19F3O5S. The normalized spacial score (nSPS) is 19.5. The molecule has 30 heavy (non-hydrogen) atoms. The van der Waals surface area contributed by atoms with E-state index in [1.54, 1.807) is 26.0 Å². The summed E-state index contributed by atoms with van der Waals surface area (Å²) in [4.78, 5) is 10.9. The summed E-state index contributed by atoms with van der Waals surface area (Å²) in [7, 11) is -3.65. The van der Waals surface area contributed by atoms with Crippen molar-refractivity contribution in [2.24, 2.45) is 0 Å². The second kappa shape index (κ2) is 7.79. The lowest BCUT2D eigenvalue weighted by molar-refractivity contribution is -0.161. The first kappa shape index (κ1) is 21.9. The molecule has 0 saturated carbocycles. The van der Waals surface area contributed by atoms with Crippen LogP contribution in [0.4, 0.5) is 13.2 Å². The minimum atomic E-state index is -5.13. The molecule has 0 spiro atoms. The molecule has 2 unspecified atom stereocenters. The number of alkyl halides is 3. The molecule has 0 saturated heterocycles. The van der Waals surface area contributed by atoms with Gasteiger partial charge in [-0.1, -0.05) is 47.5 Å². The summed E-state index contributed by atoms with van der Waals surface area (Å²) < 4.78 is 77.6. The Balaban J connectivity index is 2.29. The predicted octanol–water partition coefficient (Wildman–Crippen LogP) is 4.21. The first-order chi connectivity index (χ1) is 14.0. The first-order valence-corrected chi connectivity index (χ1v) is 10.4. The van der Waals surface area contributed by atoms with Crippen molar-refractivity contribution in [3.63, 3.8) is 0 Å². The van der Waals surface area contributed by atoms with Crippen LogP contribution in [-0.4, -0.2) is 33.8 Å². The molecule has 0 N–H and O–H groups in total. The van der Waals surface area contributed by atoms with Crippen molar-refractivity contribution >= 4 is 15.8 Å². The van der Waals surface area contributed by atoms with Crippen molar-refractivity contribution in [3.8, 4) is 0 Å². The third-order valence-electron chi connectivity index (χ3n) is 4.80. The van der Waals surface area contributed by atoms with Crippen molar-refractivity contribution in [2.75, 3.05) is 7.11 Å². The number of carbonyl (C=O) groups excluding carboxylic acids is 1. The number of ether oxygens (including phenoxy) is 2. The van der Waals surface area contributed by atoms with Gasteiger partial charge in [0.2, 0.25) is 21.7 Å². The average Bonchev–Trinajstić information content (AvgIpc) is 3.10. The number of rotatable bonds is 4. The highest BCUT2D eigenvalue weighted by Crippen LogP contribution is 2.49. The van der Waals surface area contributed by atoms with Crippen LogP contribution in [0.1, 0.15) is 22.6 Å². The number of esters is 1. The van der Waals surface area contributed by atoms with Crippen LogP contribution in [0.25, 0.3) is 0 Å². The highest BCUT2D eigenvalue weighted by molar-refractivity contribution is 7.95. The SMILES string of the molecule is COC(=O)C1OC(C(F)(F)F)=C(S(=O)(=O)c2ccc(C)cc2)C1c1ccc(C)cc1. The Hall–Kier alpha value is -2.81. The number of hydrogen-bond acceptors (Lipinski definition) is 5. The van der Waals surface area contributed by atoms with Gasteiger partial charge in [-0.05, 0) is 31.5 Å². The zero-order valence-corrected chi connectivity index (χ0v) is 17.2. The highest BCUT2D eigenvalue weighted by Gasteiger charge is 2.56. The summed E-state index contributed by atoms with van der Waals surface area (Å²) in [5.74, 6) is -4.32. The molecule has 2 aromatic rings. The maximum Gasteiger partial charge on any atom is 0.450 e. The van der Waals surface area contributed by atoms with Crippen LogP contribution in [-0.2, 0) is 24.1 Å². The third-order valence-corrected chi connectivity index (χ3v) is 6.71. The first-order valence-electron chi connectivity index (χ1n) is 8.91. The third kappa shape index (κ3) is 3.94. The number of allylic oxidation sites excluding steroid dienone is 1. The van der Waals surface area contributed by atoms with Crippen LogP contribution >= 0.6 is 0 Å². The van der Waals surface area contributed by atoms with E-state index in [1.807, 2.05) is 0 Å². The molecule has 2 aromatic carbocycles. The number of halogens is 3. The summed E-state index contributed by atoms with van der Waals surface area (Å²) in [6, 6.07) is 11.6. The van der Waals surface area contributed by atoms with Crippen LogP contribution in [0.15, 0.2) is 64.1 Å². The molecule has 1 aliphatic heterocycles. The molecular weight excluding hydrogens is 421 g/mol. The Labute approximate surface area is 172 Å². The van der Waals surface area contributed by atoms with Gasteiger partial charge in [0.15, 0.2) is 0 Å². The van der Waals surface area contributed by atoms with E-state index in [0.29, 0.717) is 0 Å². The van der Waals surface area contributed by atoms with E-state index in [2.05, 4.69) is 4.74 Å². The van der Waals surface area contributed by atoms with Gasteiger partial charge in [0.05, 0.1) is 17.9 Å². The van der Waals surface area contributed by atoms with Crippen molar-refractivity contribution in [1.82, 2.24) is 0 Å². The molecule has 160 valence electrons. The number of sulfone groups is 1. The fourth-order valence-electron chi connectivity index (χ4n) is 3.27. The van der Waals surface area contributed by atoms with Crippen LogP contribution < -0.4 is 0 Å². The molecule has 3 rings (SSSR count). The molecule has 1 heterocycles. The standard InChI is InChI=1S/C21H19F3O5S/c1-12-4-8-14(9-5-12)16-17(20(25)28-3)29-19(21(22,23)24)18(16)30(26,27)15-10-6-13(2)7-11-15/h4-11,16-17H,1-3H3. The number of hydrogen-bond donors (Lipinski definition) is 0. The van der Waals surface area contributed by atoms with Gasteiger partial charge < -0.3 is 9.47 Å². The Bertz CT molecular complexity index is 1080. The van der Waals surface area contributed by atoms with Crippen LogP contribution in [0.3, 0.4) is 0 Å². The molecule has 9 heteroatoms. The number of benzene rings is 2. The second-order valence-corrected chi connectivity index (χ2v) is 8.88. The van der Waals surface area contributed by atoms with Crippen molar-refractivity contribution < 1.29 is 35.9 Å². The summed E-state index contributed by atoms with van der Waals surface area (Å²) in [5, 5.41) is 0. The van der Waals surface area contributed by atoms with E-state index < -0.39 is 44.7 Å². The molecule has 0 aromatic heterocycles. The Morgan fingerprint density at radius 3 is 1.93 bits per heavy atom. The van der Waals surface area contributed by atoms with Crippen molar-refractivity contribution in [3.05, 3.63) is 75.9 Å². The van der Waals surface area contributed by atoms with Crippen LogP contribution in [0.5, 0.6) is 0 Å². The van der Waals surface area contributed by atoms with E-state index in [0.717, 1.165) is 18.2 Å². The predicted molar refractivity (Wildman–Crippen MR) is 102 cm³/mol. The monoisotopic (exact) mass is 440 g/mol. The lowest BCUT2D eigenvalue weighted by Crippen LogP contribution is -2.30. The number of carbonyl (C=O) groups is 1. The van der Waals surface area contributed by atoms with Crippen molar-refractivity contribution in [1.29, 1.82) is 0 Å². The quantitative estimate of drug-likeness (QED) is 0.667.